The first kappa shape index (κ1) is 20.2. The predicted octanol–water partition coefficient (Wildman–Crippen LogP) is 4.24. The second-order valence-electron chi connectivity index (χ2n) is 8.34. The van der Waals surface area contributed by atoms with Gasteiger partial charge in [-0.25, -0.2) is 0 Å². The summed E-state index contributed by atoms with van der Waals surface area (Å²) in [5, 5.41) is 0. The Morgan fingerprint density at radius 3 is 2.06 bits per heavy atom. The third-order valence-electron chi connectivity index (χ3n) is 6.41. The molecule has 5 rings (SSSR count). The molecule has 32 heavy (non-hydrogen) atoms. The molecule has 0 saturated carbocycles. The maximum atomic E-state index is 13.2. The van der Waals surface area contributed by atoms with Crippen LogP contribution in [-0.4, -0.2) is 40.6 Å². The molecule has 2 aliphatic rings. The van der Waals surface area contributed by atoms with Crippen molar-refractivity contribution in [2.45, 2.75) is 25.3 Å². The van der Waals surface area contributed by atoms with Gasteiger partial charge in [0.15, 0.2) is 0 Å². The number of hydrogen-bond acceptors (Lipinski definition) is 3. The molecule has 5 heteroatoms. The number of amides is 3. The van der Waals surface area contributed by atoms with Crippen LogP contribution in [0.5, 0.6) is 0 Å². The van der Waals surface area contributed by atoms with E-state index in [9.17, 15) is 14.4 Å². The molecule has 1 unspecified atom stereocenters. The first-order chi connectivity index (χ1) is 15.6. The number of carbonyl (C=O) groups excluding carboxylic acids is 3. The normalized spacial score (nSPS) is 17.9. The molecule has 1 atom stereocenters. The fourth-order valence-electron chi connectivity index (χ4n) is 4.77. The molecule has 3 aromatic rings. The molecule has 5 nitrogen and oxygen atoms in total. The minimum atomic E-state index is -0.248. The van der Waals surface area contributed by atoms with Crippen molar-refractivity contribution < 1.29 is 14.4 Å². The number of fused-ring (bicyclic) bond motifs is 2. The zero-order chi connectivity index (χ0) is 22.1. The molecule has 0 fully saturated rings. The van der Waals surface area contributed by atoms with Gasteiger partial charge >= 0.3 is 0 Å². The summed E-state index contributed by atoms with van der Waals surface area (Å²) >= 11 is 0. The minimum absolute atomic E-state index is 0.0288. The number of rotatable bonds is 5. The van der Waals surface area contributed by atoms with Crippen LogP contribution in [0.3, 0.4) is 0 Å². The number of imide groups is 1. The number of hydrogen-bond donors (Lipinski definition) is 0. The lowest BCUT2D eigenvalue weighted by molar-refractivity contribution is -0.131. The van der Waals surface area contributed by atoms with Crippen molar-refractivity contribution in [1.82, 2.24) is 9.80 Å². The van der Waals surface area contributed by atoms with E-state index in [-0.39, 0.29) is 23.6 Å². The first-order valence-electron chi connectivity index (χ1n) is 11.0. The zero-order valence-electron chi connectivity index (χ0n) is 17.7. The summed E-state index contributed by atoms with van der Waals surface area (Å²) in [4.78, 5) is 41.5. The van der Waals surface area contributed by atoms with Crippen LogP contribution in [0.1, 0.15) is 56.2 Å². The smallest absolute Gasteiger partial charge is 0.261 e. The molecule has 0 aromatic heterocycles. The van der Waals surface area contributed by atoms with Crippen molar-refractivity contribution in [2.24, 2.45) is 0 Å². The predicted molar refractivity (Wildman–Crippen MR) is 121 cm³/mol. The Kier molecular flexibility index (Phi) is 5.31. The molecule has 0 N–H and O–H groups in total. The van der Waals surface area contributed by atoms with Gasteiger partial charge in [-0.1, -0.05) is 66.7 Å². The van der Waals surface area contributed by atoms with Gasteiger partial charge < -0.3 is 4.90 Å². The molecular formula is C27H24N2O3. The van der Waals surface area contributed by atoms with Crippen molar-refractivity contribution in [2.75, 3.05) is 13.1 Å². The number of benzene rings is 3. The van der Waals surface area contributed by atoms with Gasteiger partial charge in [-0.15, -0.1) is 0 Å². The van der Waals surface area contributed by atoms with Gasteiger partial charge in [-0.2, -0.15) is 0 Å². The lowest BCUT2D eigenvalue weighted by Gasteiger charge is -2.22. The van der Waals surface area contributed by atoms with Crippen LogP contribution >= 0.6 is 0 Å². The third kappa shape index (κ3) is 3.60. The van der Waals surface area contributed by atoms with Crippen molar-refractivity contribution in [3.8, 4) is 0 Å². The fraction of sp³-hybridized carbons (Fsp3) is 0.222. The van der Waals surface area contributed by atoms with E-state index in [0.717, 1.165) is 11.1 Å². The summed E-state index contributed by atoms with van der Waals surface area (Å²) in [5.41, 5.74) is 4.40. The average Bonchev–Trinajstić information content (AvgIpc) is 2.98. The number of carbonyl (C=O) groups is 3. The Morgan fingerprint density at radius 1 is 0.719 bits per heavy atom. The Hall–Kier alpha value is -3.73. The quantitative estimate of drug-likeness (QED) is 0.576. The van der Waals surface area contributed by atoms with Crippen LogP contribution in [0.15, 0.2) is 78.9 Å². The Labute approximate surface area is 187 Å². The van der Waals surface area contributed by atoms with Crippen LogP contribution < -0.4 is 0 Å². The summed E-state index contributed by atoms with van der Waals surface area (Å²) in [6.07, 6.45) is 0.962. The molecule has 2 aliphatic heterocycles. The highest BCUT2D eigenvalue weighted by atomic mass is 16.2. The SMILES string of the molecule is O=C1CC(c2ccccc2)c2ccccc2CN1CCCN1C(=O)c2ccccc2C1=O. The van der Waals surface area contributed by atoms with Gasteiger partial charge in [-0.05, 0) is 35.2 Å². The van der Waals surface area contributed by atoms with Gasteiger partial charge in [0.25, 0.3) is 11.8 Å². The highest BCUT2D eigenvalue weighted by Crippen LogP contribution is 2.34. The van der Waals surface area contributed by atoms with Gasteiger partial charge in [0.05, 0.1) is 11.1 Å². The lowest BCUT2D eigenvalue weighted by Crippen LogP contribution is -2.35. The van der Waals surface area contributed by atoms with E-state index in [4.69, 9.17) is 0 Å². The molecule has 0 aliphatic carbocycles. The van der Waals surface area contributed by atoms with Crippen molar-refractivity contribution in [3.05, 3.63) is 107 Å². The van der Waals surface area contributed by atoms with E-state index in [1.54, 1.807) is 24.3 Å². The van der Waals surface area contributed by atoms with Crippen molar-refractivity contribution in [3.63, 3.8) is 0 Å². The highest BCUT2D eigenvalue weighted by Gasteiger charge is 2.35. The van der Waals surface area contributed by atoms with E-state index >= 15 is 0 Å². The first-order valence-corrected chi connectivity index (χ1v) is 11.0. The summed E-state index contributed by atoms with van der Waals surface area (Å²) in [7, 11) is 0. The second-order valence-corrected chi connectivity index (χ2v) is 8.34. The second kappa shape index (κ2) is 8.42. The Bertz CT molecular complexity index is 1150. The van der Waals surface area contributed by atoms with E-state index in [1.165, 1.54) is 10.5 Å². The largest absolute Gasteiger partial charge is 0.338 e. The molecule has 0 saturated heterocycles. The molecule has 160 valence electrons. The van der Waals surface area contributed by atoms with Gasteiger partial charge in [-0.3, -0.25) is 19.3 Å². The summed E-state index contributed by atoms with van der Waals surface area (Å²) in [5.74, 6) is -0.372. The van der Waals surface area contributed by atoms with Crippen LogP contribution in [0.2, 0.25) is 0 Å². The molecule has 2 heterocycles. The highest BCUT2D eigenvalue weighted by molar-refractivity contribution is 6.21. The maximum absolute atomic E-state index is 13.2. The molecule has 0 bridgehead atoms. The van der Waals surface area contributed by atoms with Crippen LogP contribution in [0.4, 0.5) is 0 Å². The molecule has 3 aromatic carbocycles. The molecular weight excluding hydrogens is 400 g/mol. The molecule has 0 radical (unpaired) electrons. The zero-order valence-corrected chi connectivity index (χ0v) is 17.7. The number of nitrogens with zero attached hydrogens (tertiary/aromatic N) is 2. The van der Waals surface area contributed by atoms with E-state index in [0.29, 0.717) is 43.6 Å². The standard InChI is InChI=1S/C27H24N2O3/c30-25-17-24(19-9-2-1-3-10-19)21-12-5-4-11-20(21)18-28(25)15-8-16-29-26(31)22-13-6-7-14-23(22)27(29)32/h1-7,9-14,24H,8,15-18H2. The third-order valence-corrected chi connectivity index (χ3v) is 6.41. The fourth-order valence-corrected chi connectivity index (χ4v) is 4.77. The van der Waals surface area contributed by atoms with E-state index in [2.05, 4.69) is 24.3 Å². The van der Waals surface area contributed by atoms with Crippen LogP contribution in [-0.2, 0) is 11.3 Å². The van der Waals surface area contributed by atoms with Crippen LogP contribution in [0.25, 0.3) is 0 Å². The van der Waals surface area contributed by atoms with E-state index in [1.807, 2.05) is 35.2 Å². The van der Waals surface area contributed by atoms with Crippen molar-refractivity contribution in [1.29, 1.82) is 0 Å². The average molecular weight is 425 g/mol. The summed E-state index contributed by atoms with van der Waals surface area (Å²) in [6.45, 7) is 1.35. The van der Waals surface area contributed by atoms with Gasteiger partial charge in [0.2, 0.25) is 5.91 Å². The minimum Gasteiger partial charge on any atom is -0.338 e. The van der Waals surface area contributed by atoms with Crippen molar-refractivity contribution >= 4 is 17.7 Å². The van der Waals surface area contributed by atoms with Gasteiger partial charge in [0.1, 0.15) is 0 Å². The Morgan fingerprint density at radius 2 is 1.34 bits per heavy atom. The van der Waals surface area contributed by atoms with E-state index < -0.39 is 0 Å². The lowest BCUT2D eigenvalue weighted by atomic mass is 9.86. The molecule has 3 amide bonds. The monoisotopic (exact) mass is 424 g/mol. The topological polar surface area (TPSA) is 57.7 Å². The summed E-state index contributed by atoms with van der Waals surface area (Å²) < 4.78 is 0. The Balaban J connectivity index is 1.30. The summed E-state index contributed by atoms with van der Waals surface area (Å²) in [6, 6.07) is 25.3. The van der Waals surface area contributed by atoms with Gasteiger partial charge in [0, 0.05) is 32.0 Å². The van der Waals surface area contributed by atoms with Crippen LogP contribution in [0, 0.1) is 0 Å². The maximum Gasteiger partial charge on any atom is 0.261 e. The molecule has 0 spiro atoms.